The SMILES string of the molecule is COC(=O)CCn1cc(C(F)(F)F)ccc1=O. The highest BCUT2D eigenvalue weighted by Gasteiger charge is 2.31. The number of hydrogen-bond acceptors (Lipinski definition) is 3. The number of methoxy groups -OCH3 is 1. The van der Waals surface area contributed by atoms with Crippen LogP contribution in [0.5, 0.6) is 0 Å². The molecule has 4 nitrogen and oxygen atoms in total. The first-order chi connectivity index (χ1) is 7.84. The van der Waals surface area contributed by atoms with Gasteiger partial charge in [-0.15, -0.1) is 0 Å². The zero-order chi connectivity index (χ0) is 13.1. The minimum Gasteiger partial charge on any atom is -0.469 e. The summed E-state index contributed by atoms with van der Waals surface area (Å²) < 4.78 is 42.2. The van der Waals surface area contributed by atoms with E-state index in [0.29, 0.717) is 12.3 Å². The Kier molecular flexibility index (Phi) is 3.93. The van der Waals surface area contributed by atoms with Gasteiger partial charge in [-0.1, -0.05) is 0 Å². The Hall–Kier alpha value is -1.79. The fourth-order valence-electron chi connectivity index (χ4n) is 1.19. The average Bonchev–Trinajstić information content (AvgIpc) is 2.26. The number of hydrogen-bond donors (Lipinski definition) is 0. The lowest BCUT2D eigenvalue weighted by atomic mass is 10.2. The summed E-state index contributed by atoms with van der Waals surface area (Å²) in [4.78, 5) is 22.1. The van der Waals surface area contributed by atoms with Crippen LogP contribution in [0.15, 0.2) is 23.1 Å². The van der Waals surface area contributed by atoms with Crippen molar-refractivity contribution in [3.8, 4) is 0 Å². The van der Waals surface area contributed by atoms with Gasteiger partial charge < -0.3 is 9.30 Å². The zero-order valence-electron chi connectivity index (χ0n) is 8.95. The normalized spacial score (nSPS) is 11.3. The number of pyridine rings is 1. The monoisotopic (exact) mass is 249 g/mol. The van der Waals surface area contributed by atoms with Crippen molar-refractivity contribution in [1.29, 1.82) is 0 Å². The number of carbonyl (C=O) groups excluding carboxylic acids is 1. The molecule has 0 aromatic carbocycles. The van der Waals surface area contributed by atoms with Crippen LogP contribution in [0, 0.1) is 0 Å². The summed E-state index contributed by atoms with van der Waals surface area (Å²) in [6, 6.07) is 1.52. The van der Waals surface area contributed by atoms with Gasteiger partial charge in [0.05, 0.1) is 19.1 Å². The highest BCUT2D eigenvalue weighted by Crippen LogP contribution is 2.27. The molecule has 17 heavy (non-hydrogen) atoms. The van der Waals surface area contributed by atoms with E-state index in [2.05, 4.69) is 4.74 Å². The van der Waals surface area contributed by atoms with Crippen LogP contribution < -0.4 is 5.56 Å². The van der Waals surface area contributed by atoms with Crippen molar-refractivity contribution < 1.29 is 22.7 Å². The van der Waals surface area contributed by atoms with Crippen LogP contribution >= 0.6 is 0 Å². The maximum Gasteiger partial charge on any atom is 0.417 e. The van der Waals surface area contributed by atoms with Crippen LogP contribution in [-0.2, 0) is 22.3 Å². The Morgan fingerprint density at radius 2 is 2.06 bits per heavy atom. The second kappa shape index (κ2) is 5.03. The number of rotatable bonds is 3. The van der Waals surface area contributed by atoms with Crippen molar-refractivity contribution in [1.82, 2.24) is 4.57 Å². The van der Waals surface area contributed by atoms with Gasteiger partial charge in [-0.25, -0.2) is 0 Å². The van der Waals surface area contributed by atoms with Crippen LogP contribution in [0.25, 0.3) is 0 Å². The quantitative estimate of drug-likeness (QED) is 0.761. The van der Waals surface area contributed by atoms with Gasteiger partial charge in [-0.05, 0) is 6.07 Å². The first-order valence-corrected chi connectivity index (χ1v) is 4.69. The van der Waals surface area contributed by atoms with E-state index in [-0.39, 0.29) is 13.0 Å². The Bertz CT molecular complexity index is 465. The largest absolute Gasteiger partial charge is 0.469 e. The lowest BCUT2D eigenvalue weighted by Gasteiger charge is -2.09. The predicted octanol–water partition coefficient (Wildman–Crippen LogP) is 1.43. The lowest BCUT2D eigenvalue weighted by Crippen LogP contribution is -2.22. The molecule has 7 heteroatoms. The second-order valence-corrected chi connectivity index (χ2v) is 3.27. The summed E-state index contributed by atoms with van der Waals surface area (Å²) in [7, 11) is 1.16. The number of nitrogens with zero attached hydrogens (tertiary/aromatic N) is 1. The molecule has 0 radical (unpaired) electrons. The highest BCUT2D eigenvalue weighted by molar-refractivity contribution is 5.68. The fraction of sp³-hybridized carbons (Fsp3) is 0.400. The van der Waals surface area contributed by atoms with E-state index >= 15 is 0 Å². The molecule has 1 aromatic rings. The standard InChI is InChI=1S/C10H10F3NO3/c1-17-9(16)4-5-14-6-7(10(11,12)13)2-3-8(14)15/h2-3,6H,4-5H2,1H3. The Labute approximate surface area is 94.6 Å². The van der Waals surface area contributed by atoms with Gasteiger partial charge in [0.25, 0.3) is 5.56 Å². The van der Waals surface area contributed by atoms with E-state index in [4.69, 9.17) is 0 Å². The molecule has 0 N–H and O–H groups in total. The minimum atomic E-state index is -4.51. The second-order valence-electron chi connectivity index (χ2n) is 3.27. The van der Waals surface area contributed by atoms with Crippen LogP contribution in [0.2, 0.25) is 0 Å². The van der Waals surface area contributed by atoms with Crippen molar-refractivity contribution >= 4 is 5.97 Å². The van der Waals surface area contributed by atoms with Crippen molar-refractivity contribution in [2.24, 2.45) is 0 Å². The van der Waals surface area contributed by atoms with Gasteiger partial charge in [-0.3, -0.25) is 9.59 Å². The molecule has 0 amide bonds. The number of aryl methyl sites for hydroxylation is 1. The summed E-state index contributed by atoms with van der Waals surface area (Å²) in [6.45, 7) is -0.143. The Morgan fingerprint density at radius 3 is 2.59 bits per heavy atom. The number of carbonyl (C=O) groups is 1. The Balaban J connectivity index is 2.92. The van der Waals surface area contributed by atoms with E-state index in [1.54, 1.807) is 0 Å². The molecule has 94 valence electrons. The molecule has 0 unspecified atom stereocenters. The molecule has 0 aliphatic carbocycles. The van der Waals surface area contributed by atoms with Gasteiger partial charge in [-0.2, -0.15) is 13.2 Å². The molecular weight excluding hydrogens is 239 g/mol. The first kappa shape index (κ1) is 13.3. The highest BCUT2D eigenvalue weighted by atomic mass is 19.4. The van der Waals surface area contributed by atoms with E-state index in [0.717, 1.165) is 17.7 Å². The maximum atomic E-state index is 12.4. The smallest absolute Gasteiger partial charge is 0.417 e. The lowest BCUT2D eigenvalue weighted by molar-refractivity contribution is -0.140. The number of halogens is 3. The summed E-state index contributed by atoms with van der Waals surface area (Å²) in [5, 5.41) is 0. The predicted molar refractivity (Wildman–Crippen MR) is 52.3 cm³/mol. The number of esters is 1. The van der Waals surface area contributed by atoms with Gasteiger partial charge in [0, 0.05) is 18.8 Å². The Morgan fingerprint density at radius 1 is 1.41 bits per heavy atom. The summed E-state index contributed by atoms with van der Waals surface area (Å²) in [6.07, 6.45) is -3.98. The fourth-order valence-corrected chi connectivity index (χ4v) is 1.19. The molecule has 0 saturated carbocycles. The minimum absolute atomic E-state index is 0.143. The molecule has 1 aromatic heterocycles. The summed E-state index contributed by atoms with van der Waals surface area (Å²) in [5.74, 6) is -0.589. The number of alkyl halides is 3. The molecule has 0 spiro atoms. The number of aromatic nitrogens is 1. The average molecular weight is 249 g/mol. The van der Waals surface area contributed by atoms with Crippen molar-refractivity contribution in [2.45, 2.75) is 19.1 Å². The molecule has 1 heterocycles. The van der Waals surface area contributed by atoms with Crippen molar-refractivity contribution in [3.63, 3.8) is 0 Å². The zero-order valence-corrected chi connectivity index (χ0v) is 8.95. The van der Waals surface area contributed by atoms with Gasteiger partial charge in [0.1, 0.15) is 0 Å². The molecule has 0 atom stereocenters. The van der Waals surface area contributed by atoms with Crippen molar-refractivity contribution in [3.05, 3.63) is 34.2 Å². The van der Waals surface area contributed by atoms with E-state index < -0.39 is 23.3 Å². The van der Waals surface area contributed by atoms with Crippen LogP contribution in [0.4, 0.5) is 13.2 Å². The van der Waals surface area contributed by atoms with E-state index in [9.17, 15) is 22.8 Å². The van der Waals surface area contributed by atoms with Gasteiger partial charge in [0.15, 0.2) is 0 Å². The van der Waals surface area contributed by atoms with Gasteiger partial charge >= 0.3 is 12.1 Å². The number of ether oxygens (including phenoxy) is 1. The maximum absolute atomic E-state index is 12.4. The molecular formula is C10H10F3NO3. The van der Waals surface area contributed by atoms with Gasteiger partial charge in [0.2, 0.25) is 0 Å². The van der Waals surface area contributed by atoms with Crippen molar-refractivity contribution in [2.75, 3.05) is 7.11 Å². The third-order valence-electron chi connectivity index (χ3n) is 2.10. The van der Waals surface area contributed by atoms with Crippen LogP contribution in [-0.4, -0.2) is 17.6 Å². The third kappa shape index (κ3) is 3.61. The third-order valence-corrected chi connectivity index (χ3v) is 2.10. The molecule has 0 fully saturated rings. The molecule has 0 bridgehead atoms. The summed E-state index contributed by atoms with van der Waals surface area (Å²) in [5.41, 5.74) is -1.52. The summed E-state index contributed by atoms with van der Waals surface area (Å²) >= 11 is 0. The molecule has 0 aliphatic rings. The molecule has 1 rings (SSSR count). The topological polar surface area (TPSA) is 48.3 Å². The van der Waals surface area contributed by atoms with E-state index in [1.165, 1.54) is 0 Å². The first-order valence-electron chi connectivity index (χ1n) is 4.69. The van der Waals surface area contributed by atoms with Crippen LogP contribution in [0.1, 0.15) is 12.0 Å². The van der Waals surface area contributed by atoms with Crippen LogP contribution in [0.3, 0.4) is 0 Å². The molecule has 0 saturated heterocycles. The molecule has 0 aliphatic heterocycles. The van der Waals surface area contributed by atoms with E-state index in [1.807, 2.05) is 0 Å².